The van der Waals surface area contributed by atoms with Crippen LogP contribution >= 0.6 is 35.7 Å². The molecule has 3 rings (SSSR count). The summed E-state index contributed by atoms with van der Waals surface area (Å²) in [6.45, 7) is 3.80. The van der Waals surface area contributed by atoms with Crippen molar-refractivity contribution in [3.63, 3.8) is 0 Å². The average Bonchev–Trinajstić information content (AvgIpc) is 3.25. The fourth-order valence-corrected chi connectivity index (χ4v) is 4.06. The Balaban J connectivity index is 0.00000225. The van der Waals surface area contributed by atoms with E-state index in [-0.39, 0.29) is 24.0 Å². The second kappa shape index (κ2) is 9.42. The highest BCUT2D eigenvalue weighted by Crippen LogP contribution is 2.36. The first kappa shape index (κ1) is 20.0. The minimum absolute atomic E-state index is 0. The van der Waals surface area contributed by atoms with E-state index in [0.717, 1.165) is 24.0 Å². The number of thioether (sulfide) groups is 1. The summed E-state index contributed by atoms with van der Waals surface area (Å²) in [5, 5.41) is 15.0. The highest BCUT2D eigenvalue weighted by molar-refractivity contribution is 14.0. The lowest BCUT2D eigenvalue weighted by atomic mass is 10.1. The lowest BCUT2D eigenvalue weighted by Crippen LogP contribution is -2.43. The molecule has 0 amide bonds. The molecule has 0 radical (unpaired) electrons. The molecule has 6 nitrogen and oxygen atoms in total. The number of nitrogens with zero attached hydrogens (tertiary/aromatic N) is 4. The number of hydrogen-bond donors (Lipinski definition) is 2. The summed E-state index contributed by atoms with van der Waals surface area (Å²) >= 11 is 2.04. The molecule has 2 aromatic rings. The van der Waals surface area contributed by atoms with Crippen LogP contribution in [0, 0.1) is 0 Å². The minimum atomic E-state index is 0. The molecule has 1 unspecified atom stereocenters. The monoisotopic (exact) mass is 472 g/mol. The van der Waals surface area contributed by atoms with Crippen LogP contribution in [0.5, 0.6) is 0 Å². The van der Waals surface area contributed by atoms with Crippen molar-refractivity contribution < 1.29 is 0 Å². The summed E-state index contributed by atoms with van der Waals surface area (Å²) in [6.07, 6.45) is 4.29. The Hall–Kier alpha value is -1.29. The molecular formula is C17H25IN6S. The topological polar surface area (TPSA) is 67.1 Å². The van der Waals surface area contributed by atoms with Gasteiger partial charge in [0.15, 0.2) is 11.8 Å². The molecule has 0 aliphatic carbocycles. The van der Waals surface area contributed by atoms with Crippen LogP contribution in [0.25, 0.3) is 5.69 Å². The summed E-state index contributed by atoms with van der Waals surface area (Å²) in [7, 11) is 1.79. The van der Waals surface area contributed by atoms with Crippen LogP contribution in [0.15, 0.2) is 41.7 Å². The van der Waals surface area contributed by atoms with Gasteiger partial charge in [-0.05, 0) is 37.7 Å². The molecule has 1 aliphatic rings. The van der Waals surface area contributed by atoms with E-state index in [0.29, 0.717) is 11.3 Å². The summed E-state index contributed by atoms with van der Waals surface area (Å²) in [4.78, 5) is 4.31. The Morgan fingerprint density at radius 3 is 2.80 bits per heavy atom. The van der Waals surface area contributed by atoms with Gasteiger partial charge in [0, 0.05) is 24.0 Å². The van der Waals surface area contributed by atoms with Gasteiger partial charge in [0.1, 0.15) is 6.33 Å². The van der Waals surface area contributed by atoms with E-state index in [9.17, 15) is 0 Å². The molecule has 136 valence electrons. The molecule has 1 atom stereocenters. The van der Waals surface area contributed by atoms with Crippen molar-refractivity contribution in [2.24, 2.45) is 4.99 Å². The quantitative estimate of drug-likeness (QED) is 0.398. The van der Waals surface area contributed by atoms with Crippen LogP contribution in [0.3, 0.4) is 0 Å². The number of rotatable bonds is 5. The second-order valence-corrected chi connectivity index (χ2v) is 7.82. The standard InChI is InChI=1S/C17H24N6S.HI/c1-17(9-6-10-24-17)12-20-16(18-2)19-11-15-22-21-13-23(15)14-7-4-3-5-8-14;/h3-5,7-8,13H,6,9-12H2,1-2H3,(H2,18,19,20);1H. The Morgan fingerprint density at radius 2 is 2.12 bits per heavy atom. The maximum Gasteiger partial charge on any atom is 0.191 e. The van der Waals surface area contributed by atoms with Crippen LogP contribution in [0.2, 0.25) is 0 Å². The zero-order valence-electron chi connectivity index (χ0n) is 14.6. The first-order chi connectivity index (χ1) is 11.7. The predicted octanol–water partition coefficient (Wildman–Crippen LogP) is 2.84. The molecule has 2 N–H and O–H groups in total. The van der Waals surface area contributed by atoms with Crippen LogP contribution in [-0.4, -0.2) is 44.8 Å². The molecule has 0 saturated carbocycles. The van der Waals surface area contributed by atoms with Crippen molar-refractivity contribution >= 4 is 41.7 Å². The number of guanidine groups is 1. The van der Waals surface area contributed by atoms with Crippen LogP contribution in [0.1, 0.15) is 25.6 Å². The molecule has 2 heterocycles. The van der Waals surface area contributed by atoms with Gasteiger partial charge in [0.05, 0.1) is 6.54 Å². The molecule has 25 heavy (non-hydrogen) atoms. The second-order valence-electron chi connectivity index (χ2n) is 6.13. The number of benzene rings is 1. The Bertz CT molecular complexity index is 681. The third-order valence-electron chi connectivity index (χ3n) is 4.22. The van der Waals surface area contributed by atoms with E-state index in [1.165, 1.54) is 18.6 Å². The van der Waals surface area contributed by atoms with Gasteiger partial charge in [-0.3, -0.25) is 9.56 Å². The number of halogens is 1. The van der Waals surface area contributed by atoms with Crippen LogP contribution in [0.4, 0.5) is 0 Å². The van der Waals surface area contributed by atoms with E-state index in [1.54, 1.807) is 13.4 Å². The molecule has 8 heteroatoms. The van der Waals surface area contributed by atoms with Crippen molar-refractivity contribution in [3.05, 3.63) is 42.5 Å². The van der Waals surface area contributed by atoms with Crippen LogP contribution < -0.4 is 10.6 Å². The Labute approximate surface area is 170 Å². The zero-order chi connectivity index (χ0) is 16.8. The van der Waals surface area contributed by atoms with Gasteiger partial charge in [0.2, 0.25) is 0 Å². The molecule has 0 spiro atoms. The van der Waals surface area contributed by atoms with Crippen molar-refractivity contribution in [2.45, 2.75) is 31.1 Å². The van der Waals surface area contributed by atoms with Gasteiger partial charge in [-0.1, -0.05) is 18.2 Å². The number of nitrogens with one attached hydrogen (secondary N) is 2. The number of hydrogen-bond acceptors (Lipinski definition) is 4. The first-order valence-electron chi connectivity index (χ1n) is 8.23. The fourth-order valence-electron chi connectivity index (χ4n) is 2.81. The highest BCUT2D eigenvalue weighted by atomic mass is 127. The Kier molecular flexibility index (Phi) is 7.55. The molecule has 1 aromatic heterocycles. The molecular weight excluding hydrogens is 447 g/mol. The van der Waals surface area contributed by atoms with Gasteiger partial charge in [-0.25, -0.2) is 0 Å². The van der Waals surface area contributed by atoms with E-state index >= 15 is 0 Å². The molecule has 1 fully saturated rings. The van der Waals surface area contributed by atoms with Crippen molar-refractivity contribution in [2.75, 3.05) is 19.3 Å². The number of aliphatic imine (C=N–C) groups is 1. The largest absolute Gasteiger partial charge is 0.355 e. The third-order valence-corrected chi connectivity index (χ3v) is 5.76. The molecule has 1 saturated heterocycles. The lowest BCUT2D eigenvalue weighted by molar-refractivity contribution is 0.583. The van der Waals surface area contributed by atoms with Gasteiger partial charge >= 0.3 is 0 Å². The Morgan fingerprint density at radius 1 is 1.32 bits per heavy atom. The average molecular weight is 472 g/mol. The predicted molar refractivity (Wildman–Crippen MR) is 115 cm³/mol. The summed E-state index contributed by atoms with van der Waals surface area (Å²) in [5.74, 6) is 2.90. The van der Waals surface area contributed by atoms with E-state index in [1.807, 2.05) is 46.7 Å². The number of para-hydroxylation sites is 1. The molecule has 1 aliphatic heterocycles. The molecule has 0 bridgehead atoms. The highest BCUT2D eigenvalue weighted by Gasteiger charge is 2.29. The van der Waals surface area contributed by atoms with Crippen molar-refractivity contribution in [1.82, 2.24) is 25.4 Å². The van der Waals surface area contributed by atoms with E-state index < -0.39 is 0 Å². The van der Waals surface area contributed by atoms with Gasteiger partial charge in [0.25, 0.3) is 0 Å². The van der Waals surface area contributed by atoms with Gasteiger partial charge < -0.3 is 10.6 Å². The summed E-state index contributed by atoms with van der Waals surface area (Å²) in [5.41, 5.74) is 1.05. The fraction of sp³-hybridized carbons (Fsp3) is 0.471. The van der Waals surface area contributed by atoms with Gasteiger partial charge in [-0.15, -0.1) is 34.2 Å². The summed E-state index contributed by atoms with van der Waals surface area (Å²) in [6, 6.07) is 10.1. The van der Waals surface area contributed by atoms with E-state index in [4.69, 9.17) is 0 Å². The SMILES string of the molecule is CN=C(NCc1nncn1-c1ccccc1)NCC1(C)CCCS1.I. The van der Waals surface area contributed by atoms with E-state index in [2.05, 4.69) is 32.7 Å². The minimum Gasteiger partial charge on any atom is -0.355 e. The number of aromatic nitrogens is 3. The molecule has 1 aromatic carbocycles. The normalized spacial score (nSPS) is 20.2. The maximum absolute atomic E-state index is 4.31. The van der Waals surface area contributed by atoms with Crippen LogP contribution in [-0.2, 0) is 6.54 Å². The first-order valence-corrected chi connectivity index (χ1v) is 9.21. The smallest absolute Gasteiger partial charge is 0.191 e. The zero-order valence-corrected chi connectivity index (χ0v) is 17.8. The third kappa shape index (κ3) is 5.34. The van der Waals surface area contributed by atoms with Crippen molar-refractivity contribution in [3.8, 4) is 5.69 Å². The van der Waals surface area contributed by atoms with Gasteiger partial charge in [-0.2, -0.15) is 11.8 Å². The summed E-state index contributed by atoms with van der Waals surface area (Å²) < 4.78 is 2.29. The van der Waals surface area contributed by atoms with Crippen molar-refractivity contribution in [1.29, 1.82) is 0 Å². The maximum atomic E-state index is 4.31. The lowest BCUT2D eigenvalue weighted by Gasteiger charge is -2.24.